The molecule has 140 valence electrons. The molecule has 0 fully saturated rings. The molecule has 3 aromatic carbocycles. The molecule has 2 heterocycles. The van der Waals surface area contributed by atoms with Crippen LogP contribution in [0.4, 0.5) is 5.69 Å². The van der Waals surface area contributed by atoms with Crippen LogP contribution in [0.2, 0.25) is 0 Å². The molecule has 0 atom stereocenters. The second kappa shape index (κ2) is 7.13. The van der Waals surface area contributed by atoms with E-state index in [1.807, 2.05) is 95.8 Å². The fraction of sp³-hybridized carbons (Fsp3) is 0. The number of hydrogen-bond acceptors (Lipinski definition) is 4. The number of pyridine rings is 1. The van der Waals surface area contributed by atoms with Crippen LogP contribution in [-0.4, -0.2) is 14.8 Å². The van der Waals surface area contributed by atoms with Crippen molar-refractivity contribution in [3.8, 4) is 28.4 Å². The number of nitrogen functional groups attached to an aromatic ring is 1. The molecule has 5 aromatic rings. The molecule has 0 amide bonds. The molecule has 0 aliphatic heterocycles. The summed E-state index contributed by atoms with van der Waals surface area (Å²) in [6.07, 6.45) is 3.65. The van der Waals surface area contributed by atoms with Gasteiger partial charge in [-0.25, -0.2) is 4.68 Å². The standard InChI is InChI=1S/C24H18N4O/c25-19-5-4-6-20(15-19)28-24-18(16-27-28)13-14-26-23(24)17-9-11-22(12-10-17)29-21-7-2-1-3-8-21/h1-16H,25H2. The van der Waals surface area contributed by atoms with Crippen LogP contribution in [0.5, 0.6) is 11.5 Å². The van der Waals surface area contributed by atoms with E-state index >= 15 is 0 Å². The van der Waals surface area contributed by atoms with E-state index in [2.05, 4.69) is 10.1 Å². The predicted octanol–water partition coefficient (Wildman–Crippen LogP) is 5.46. The van der Waals surface area contributed by atoms with E-state index in [-0.39, 0.29) is 0 Å². The second-order valence-electron chi connectivity index (χ2n) is 6.69. The normalized spacial score (nSPS) is 10.9. The first-order chi connectivity index (χ1) is 14.3. The zero-order chi connectivity index (χ0) is 19.6. The number of fused-ring (bicyclic) bond motifs is 1. The number of benzene rings is 3. The van der Waals surface area contributed by atoms with Crippen molar-refractivity contribution in [2.45, 2.75) is 0 Å². The summed E-state index contributed by atoms with van der Waals surface area (Å²) in [6, 6.07) is 27.3. The fourth-order valence-corrected chi connectivity index (χ4v) is 3.34. The van der Waals surface area contributed by atoms with Crippen molar-refractivity contribution in [1.29, 1.82) is 0 Å². The topological polar surface area (TPSA) is 66.0 Å². The van der Waals surface area contributed by atoms with E-state index in [1.54, 1.807) is 6.20 Å². The van der Waals surface area contributed by atoms with E-state index in [4.69, 9.17) is 10.5 Å². The molecule has 0 bridgehead atoms. The lowest BCUT2D eigenvalue weighted by molar-refractivity contribution is 0.483. The van der Waals surface area contributed by atoms with Gasteiger partial charge in [-0.2, -0.15) is 5.10 Å². The number of anilines is 1. The van der Waals surface area contributed by atoms with Crippen molar-refractivity contribution in [3.63, 3.8) is 0 Å². The Bertz CT molecular complexity index is 1280. The van der Waals surface area contributed by atoms with E-state index < -0.39 is 0 Å². The van der Waals surface area contributed by atoms with Crippen LogP contribution in [0.15, 0.2) is 97.3 Å². The fourth-order valence-electron chi connectivity index (χ4n) is 3.34. The summed E-state index contributed by atoms with van der Waals surface area (Å²) in [6.45, 7) is 0. The van der Waals surface area contributed by atoms with Crippen LogP contribution in [0.1, 0.15) is 0 Å². The zero-order valence-corrected chi connectivity index (χ0v) is 15.6. The summed E-state index contributed by atoms with van der Waals surface area (Å²) in [5, 5.41) is 5.58. The number of aromatic nitrogens is 3. The second-order valence-corrected chi connectivity index (χ2v) is 6.69. The maximum atomic E-state index is 5.97. The lowest BCUT2D eigenvalue weighted by Gasteiger charge is -2.10. The van der Waals surface area contributed by atoms with Crippen molar-refractivity contribution >= 4 is 16.6 Å². The first kappa shape index (κ1) is 17.0. The van der Waals surface area contributed by atoms with E-state index in [0.717, 1.165) is 39.3 Å². The number of hydrogen-bond donors (Lipinski definition) is 1. The third-order valence-corrected chi connectivity index (χ3v) is 4.70. The summed E-state index contributed by atoms with van der Waals surface area (Å²) < 4.78 is 7.77. The number of para-hydroxylation sites is 1. The Morgan fingerprint density at radius 2 is 1.59 bits per heavy atom. The zero-order valence-electron chi connectivity index (χ0n) is 15.6. The molecule has 5 nitrogen and oxygen atoms in total. The van der Waals surface area contributed by atoms with Crippen molar-refractivity contribution in [1.82, 2.24) is 14.8 Å². The number of ether oxygens (including phenoxy) is 1. The highest BCUT2D eigenvalue weighted by Crippen LogP contribution is 2.30. The van der Waals surface area contributed by atoms with Gasteiger partial charge in [-0.05, 0) is 60.7 Å². The van der Waals surface area contributed by atoms with Gasteiger partial charge in [0.1, 0.15) is 17.0 Å². The molecule has 0 aliphatic rings. The molecule has 2 aromatic heterocycles. The lowest BCUT2D eigenvalue weighted by atomic mass is 10.1. The quantitative estimate of drug-likeness (QED) is 0.422. The van der Waals surface area contributed by atoms with Crippen LogP contribution >= 0.6 is 0 Å². The Hall–Kier alpha value is -4.12. The molecule has 0 aliphatic carbocycles. The minimum Gasteiger partial charge on any atom is -0.457 e. The van der Waals surface area contributed by atoms with Gasteiger partial charge in [0.05, 0.1) is 17.6 Å². The summed E-state index contributed by atoms with van der Waals surface area (Å²) in [7, 11) is 0. The van der Waals surface area contributed by atoms with Gasteiger partial charge in [0.2, 0.25) is 0 Å². The molecule has 5 rings (SSSR count). The van der Waals surface area contributed by atoms with Crippen LogP contribution in [0, 0.1) is 0 Å². The van der Waals surface area contributed by atoms with Gasteiger partial charge < -0.3 is 10.5 Å². The highest BCUT2D eigenvalue weighted by molar-refractivity contribution is 5.92. The van der Waals surface area contributed by atoms with Gasteiger partial charge in [0.25, 0.3) is 0 Å². The average molecular weight is 378 g/mol. The van der Waals surface area contributed by atoms with E-state index in [0.29, 0.717) is 5.69 Å². The summed E-state index contributed by atoms with van der Waals surface area (Å²) in [5.41, 5.74) is 10.3. The average Bonchev–Trinajstić information content (AvgIpc) is 3.20. The Labute approximate surface area is 168 Å². The molecule has 0 saturated heterocycles. The van der Waals surface area contributed by atoms with Crippen LogP contribution in [0.3, 0.4) is 0 Å². The molecule has 0 unspecified atom stereocenters. The first-order valence-corrected chi connectivity index (χ1v) is 9.30. The molecular formula is C24H18N4O. The van der Waals surface area contributed by atoms with Crippen molar-refractivity contribution in [2.75, 3.05) is 5.73 Å². The Balaban J connectivity index is 1.56. The van der Waals surface area contributed by atoms with Gasteiger partial charge in [-0.1, -0.05) is 24.3 Å². The molecular weight excluding hydrogens is 360 g/mol. The first-order valence-electron chi connectivity index (χ1n) is 9.30. The highest BCUT2D eigenvalue weighted by Gasteiger charge is 2.13. The number of nitrogens with zero attached hydrogens (tertiary/aromatic N) is 3. The third-order valence-electron chi connectivity index (χ3n) is 4.70. The van der Waals surface area contributed by atoms with Crippen LogP contribution in [0.25, 0.3) is 27.8 Å². The molecule has 29 heavy (non-hydrogen) atoms. The monoisotopic (exact) mass is 378 g/mol. The molecule has 2 N–H and O–H groups in total. The molecule has 0 saturated carbocycles. The van der Waals surface area contributed by atoms with Gasteiger partial charge in [-0.3, -0.25) is 4.98 Å². The lowest BCUT2D eigenvalue weighted by Crippen LogP contribution is -1.99. The van der Waals surface area contributed by atoms with Gasteiger partial charge in [0, 0.05) is 22.8 Å². The van der Waals surface area contributed by atoms with Gasteiger partial charge in [0.15, 0.2) is 0 Å². The van der Waals surface area contributed by atoms with Crippen molar-refractivity contribution in [2.24, 2.45) is 0 Å². The van der Waals surface area contributed by atoms with Crippen LogP contribution in [-0.2, 0) is 0 Å². The molecule has 5 heteroatoms. The third kappa shape index (κ3) is 3.30. The van der Waals surface area contributed by atoms with Crippen molar-refractivity contribution < 1.29 is 4.74 Å². The predicted molar refractivity (Wildman–Crippen MR) is 115 cm³/mol. The summed E-state index contributed by atoms with van der Waals surface area (Å²) in [5.74, 6) is 1.58. The number of nitrogens with two attached hydrogens (primary N) is 1. The highest BCUT2D eigenvalue weighted by atomic mass is 16.5. The van der Waals surface area contributed by atoms with Crippen LogP contribution < -0.4 is 10.5 Å². The maximum Gasteiger partial charge on any atom is 0.127 e. The smallest absolute Gasteiger partial charge is 0.127 e. The maximum absolute atomic E-state index is 5.97. The Morgan fingerprint density at radius 1 is 0.793 bits per heavy atom. The Morgan fingerprint density at radius 3 is 2.38 bits per heavy atom. The van der Waals surface area contributed by atoms with Crippen molar-refractivity contribution in [3.05, 3.63) is 97.3 Å². The SMILES string of the molecule is Nc1cccc(-n2ncc3ccnc(-c4ccc(Oc5ccccc5)cc4)c32)c1. The molecule has 0 radical (unpaired) electrons. The number of rotatable bonds is 4. The summed E-state index contributed by atoms with van der Waals surface area (Å²) in [4.78, 5) is 4.64. The largest absolute Gasteiger partial charge is 0.457 e. The molecule has 0 spiro atoms. The van der Waals surface area contributed by atoms with E-state index in [9.17, 15) is 0 Å². The summed E-state index contributed by atoms with van der Waals surface area (Å²) >= 11 is 0. The minimum absolute atomic E-state index is 0.694. The Kier molecular flexibility index (Phi) is 4.18. The minimum atomic E-state index is 0.694. The van der Waals surface area contributed by atoms with Gasteiger partial charge in [-0.15, -0.1) is 0 Å². The van der Waals surface area contributed by atoms with Gasteiger partial charge >= 0.3 is 0 Å². The van der Waals surface area contributed by atoms with E-state index in [1.165, 1.54) is 0 Å².